The summed E-state index contributed by atoms with van der Waals surface area (Å²) in [4.78, 5) is 20.9. The predicted octanol–water partition coefficient (Wildman–Crippen LogP) is 3.62. The summed E-state index contributed by atoms with van der Waals surface area (Å²) in [5.41, 5.74) is 0.526. The van der Waals surface area contributed by atoms with Gasteiger partial charge in [0, 0.05) is 51.1 Å². The highest BCUT2D eigenvalue weighted by Crippen LogP contribution is 2.18. The molecule has 156 valence electrons. The maximum absolute atomic E-state index is 11.7. The van der Waals surface area contributed by atoms with Crippen molar-refractivity contribution in [2.75, 3.05) is 44.2 Å². The van der Waals surface area contributed by atoms with Crippen molar-refractivity contribution in [3.05, 3.63) is 65.1 Å². The third-order valence-corrected chi connectivity index (χ3v) is 4.87. The number of benzene rings is 1. The van der Waals surface area contributed by atoms with Crippen molar-refractivity contribution < 1.29 is 9.15 Å². The predicted molar refractivity (Wildman–Crippen MR) is 120 cm³/mol. The second-order valence-electron chi connectivity index (χ2n) is 6.66. The normalized spacial score (nSPS) is 14.1. The van der Waals surface area contributed by atoms with Crippen LogP contribution in [-0.2, 0) is 0 Å². The van der Waals surface area contributed by atoms with E-state index in [9.17, 15) is 4.79 Å². The molecule has 3 heterocycles. The molecule has 0 atom stereocenters. The summed E-state index contributed by atoms with van der Waals surface area (Å²) in [5, 5.41) is 0.579. The molecule has 0 unspecified atom stereocenters. The first kappa shape index (κ1) is 23.0. The molecule has 3 aromatic rings. The van der Waals surface area contributed by atoms with Crippen LogP contribution in [0.1, 0.15) is 6.42 Å². The van der Waals surface area contributed by atoms with Gasteiger partial charge < -0.3 is 14.1 Å². The zero-order valence-electron chi connectivity index (χ0n) is 16.0. The number of anilines is 1. The van der Waals surface area contributed by atoms with Gasteiger partial charge in [0.2, 0.25) is 0 Å². The van der Waals surface area contributed by atoms with Gasteiger partial charge in [0.15, 0.2) is 5.43 Å². The van der Waals surface area contributed by atoms with Crippen LogP contribution in [0.25, 0.3) is 11.0 Å². The van der Waals surface area contributed by atoms with E-state index in [1.807, 2.05) is 24.4 Å². The minimum absolute atomic E-state index is 0. The first-order chi connectivity index (χ1) is 13.3. The zero-order chi connectivity index (χ0) is 18.5. The lowest BCUT2D eigenvalue weighted by Crippen LogP contribution is -2.47. The van der Waals surface area contributed by atoms with Crippen LogP contribution in [0.3, 0.4) is 0 Å². The molecule has 0 spiro atoms. The van der Waals surface area contributed by atoms with E-state index in [0.717, 1.165) is 50.7 Å². The monoisotopic (exact) mass is 437 g/mol. The molecule has 6 nitrogen and oxygen atoms in total. The van der Waals surface area contributed by atoms with Crippen molar-refractivity contribution in [2.24, 2.45) is 0 Å². The Morgan fingerprint density at radius 2 is 1.86 bits per heavy atom. The Bertz CT molecular complexity index is 945. The Kier molecular flexibility index (Phi) is 8.76. The second-order valence-corrected chi connectivity index (χ2v) is 6.66. The summed E-state index contributed by atoms with van der Waals surface area (Å²) < 4.78 is 11.2. The Morgan fingerprint density at radius 3 is 2.62 bits per heavy atom. The lowest BCUT2D eigenvalue weighted by molar-refractivity contribution is 0.224. The molecular weight excluding hydrogens is 413 g/mol. The van der Waals surface area contributed by atoms with Gasteiger partial charge >= 0.3 is 0 Å². The number of hydrogen-bond acceptors (Lipinski definition) is 6. The molecule has 1 aliphatic heterocycles. The van der Waals surface area contributed by atoms with Gasteiger partial charge in [-0.05, 0) is 30.7 Å². The summed E-state index contributed by atoms with van der Waals surface area (Å²) in [6.45, 7) is 5.74. The maximum Gasteiger partial charge on any atom is 0.192 e. The number of hydrogen-bond donors (Lipinski definition) is 0. The van der Waals surface area contributed by atoms with Crippen LogP contribution in [0.4, 0.5) is 5.82 Å². The van der Waals surface area contributed by atoms with Crippen LogP contribution in [0, 0.1) is 0 Å². The molecule has 8 heteroatoms. The highest BCUT2D eigenvalue weighted by molar-refractivity contribution is 5.85. The molecule has 1 saturated heterocycles. The molecule has 0 aliphatic carbocycles. The Balaban J connectivity index is 0.00000150. The van der Waals surface area contributed by atoms with Gasteiger partial charge in [-0.1, -0.05) is 6.07 Å². The number of pyridine rings is 1. The molecule has 1 aromatic carbocycles. The SMILES string of the molecule is Cl.Cl.O=c1ccoc2cc(OCCCN3CCN(c4ccccn4)CC3)ccc12. The van der Waals surface area contributed by atoms with Crippen molar-refractivity contribution in [3.8, 4) is 5.75 Å². The summed E-state index contributed by atoms with van der Waals surface area (Å²) in [5.74, 6) is 1.79. The zero-order valence-corrected chi connectivity index (χ0v) is 17.7. The molecule has 4 rings (SSSR count). The van der Waals surface area contributed by atoms with Crippen LogP contribution in [0.15, 0.2) is 64.1 Å². The standard InChI is InChI=1S/C21H23N3O3.2ClH/c25-19-7-15-27-20-16-17(5-6-18(19)20)26-14-3-9-23-10-12-24(13-11-23)21-4-1-2-8-22-21;;/h1-2,4-8,15-16H,3,9-14H2;2*1H. The molecule has 0 bridgehead atoms. The first-order valence-corrected chi connectivity index (χ1v) is 9.32. The molecule has 1 aliphatic rings. The largest absolute Gasteiger partial charge is 0.493 e. The maximum atomic E-state index is 11.7. The fourth-order valence-corrected chi connectivity index (χ4v) is 3.37. The van der Waals surface area contributed by atoms with E-state index in [-0.39, 0.29) is 30.2 Å². The molecule has 0 N–H and O–H groups in total. The van der Waals surface area contributed by atoms with E-state index in [4.69, 9.17) is 9.15 Å². The highest BCUT2D eigenvalue weighted by atomic mass is 35.5. The van der Waals surface area contributed by atoms with Gasteiger partial charge in [-0.2, -0.15) is 0 Å². The molecule has 2 aromatic heterocycles. The Labute approximate surface area is 182 Å². The van der Waals surface area contributed by atoms with Crippen molar-refractivity contribution in [3.63, 3.8) is 0 Å². The van der Waals surface area contributed by atoms with Gasteiger partial charge in [0.1, 0.15) is 17.2 Å². The van der Waals surface area contributed by atoms with Crippen molar-refractivity contribution in [1.29, 1.82) is 0 Å². The minimum Gasteiger partial charge on any atom is -0.493 e. The molecular formula is C21H25Cl2N3O3. The van der Waals surface area contributed by atoms with Gasteiger partial charge in [-0.3, -0.25) is 9.69 Å². The topological polar surface area (TPSA) is 58.8 Å². The number of ether oxygens (including phenoxy) is 1. The molecule has 29 heavy (non-hydrogen) atoms. The fourth-order valence-electron chi connectivity index (χ4n) is 3.37. The van der Waals surface area contributed by atoms with Crippen LogP contribution in [0.5, 0.6) is 5.75 Å². The number of nitrogens with zero attached hydrogens (tertiary/aromatic N) is 3. The summed E-state index contributed by atoms with van der Waals surface area (Å²) >= 11 is 0. The van der Waals surface area contributed by atoms with Crippen LogP contribution < -0.4 is 15.1 Å². The van der Waals surface area contributed by atoms with Gasteiger partial charge in [-0.25, -0.2) is 4.98 Å². The smallest absolute Gasteiger partial charge is 0.192 e. The number of halogens is 2. The van der Waals surface area contributed by atoms with Gasteiger partial charge in [0.05, 0.1) is 18.3 Å². The average Bonchev–Trinajstić information content (AvgIpc) is 2.72. The van der Waals surface area contributed by atoms with E-state index >= 15 is 0 Å². The minimum atomic E-state index is -0.0346. The third kappa shape index (κ3) is 5.85. The van der Waals surface area contributed by atoms with Gasteiger partial charge in [-0.15, -0.1) is 24.8 Å². The molecule has 0 radical (unpaired) electrons. The lowest BCUT2D eigenvalue weighted by atomic mass is 10.2. The van der Waals surface area contributed by atoms with E-state index in [1.54, 1.807) is 12.1 Å². The van der Waals surface area contributed by atoms with E-state index in [0.29, 0.717) is 17.6 Å². The summed E-state index contributed by atoms with van der Waals surface area (Å²) in [7, 11) is 0. The third-order valence-electron chi connectivity index (χ3n) is 4.87. The van der Waals surface area contributed by atoms with E-state index in [1.165, 1.54) is 12.3 Å². The fraction of sp³-hybridized carbons (Fsp3) is 0.333. The van der Waals surface area contributed by atoms with Crippen molar-refractivity contribution >= 4 is 41.6 Å². The highest BCUT2D eigenvalue weighted by Gasteiger charge is 2.17. The van der Waals surface area contributed by atoms with Crippen LogP contribution >= 0.6 is 24.8 Å². The van der Waals surface area contributed by atoms with Crippen molar-refractivity contribution in [2.45, 2.75) is 6.42 Å². The number of rotatable bonds is 6. The molecule has 0 saturated carbocycles. The lowest BCUT2D eigenvalue weighted by Gasteiger charge is -2.35. The first-order valence-electron chi connectivity index (χ1n) is 9.32. The van der Waals surface area contributed by atoms with E-state index < -0.39 is 0 Å². The summed E-state index contributed by atoms with van der Waals surface area (Å²) in [6.07, 6.45) is 4.22. The van der Waals surface area contributed by atoms with Crippen molar-refractivity contribution in [1.82, 2.24) is 9.88 Å². The Morgan fingerprint density at radius 1 is 1.03 bits per heavy atom. The number of fused-ring (bicyclic) bond motifs is 1. The quantitative estimate of drug-likeness (QED) is 0.548. The summed E-state index contributed by atoms with van der Waals surface area (Å²) in [6, 6.07) is 12.8. The van der Waals surface area contributed by atoms with E-state index in [2.05, 4.69) is 20.9 Å². The number of piperazine rings is 1. The second kappa shape index (κ2) is 11.0. The average molecular weight is 438 g/mol. The molecule has 0 amide bonds. The van der Waals surface area contributed by atoms with Crippen LogP contribution in [-0.4, -0.2) is 49.2 Å². The Hall–Kier alpha value is -2.28. The number of aromatic nitrogens is 1. The van der Waals surface area contributed by atoms with Crippen LogP contribution in [0.2, 0.25) is 0 Å². The molecule has 1 fully saturated rings. The van der Waals surface area contributed by atoms with Gasteiger partial charge in [0.25, 0.3) is 0 Å².